The molecule has 0 amide bonds. The van der Waals surface area contributed by atoms with Crippen LogP contribution in [0.25, 0.3) is 88.4 Å². The van der Waals surface area contributed by atoms with Crippen LogP contribution in [0.1, 0.15) is 22.3 Å². The number of fused-ring (bicyclic) bond motifs is 16. The predicted molar refractivity (Wildman–Crippen MR) is 372 cm³/mol. The van der Waals surface area contributed by atoms with E-state index in [9.17, 15) is 0 Å². The predicted octanol–water partition coefficient (Wildman–Crippen LogP) is 23.6. The summed E-state index contributed by atoms with van der Waals surface area (Å²) in [6.07, 6.45) is 0. The molecule has 2 aromatic heterocycles. The molecule has 2 heterocycles. The molecule has 16 aromatic rings. The van der Waals surface area contributed by atoms with Gasteiger partial charge in [0.1, 0.15) is 11.2 Å². The molecular formula is C85H55N3O2. The fraction of sp³-hybridized carbons (Fsp3) is 0.0118. The summed E-state index contributed by atoms with van der Waals surface area (Å²) in [7, 11) is 0. The largest absolute Gasteiger partial charge is 0.454 e. The molecule has 0 bridgehead atoms. The van der Waals surface area contributed by atoms with Gasteiger partial charge in [0.25, 0.3) is 0 Å². The Kier molecular flexibility index (Phi) is 11.8. The van der Waals surface area contributed by atoms with Gasteiger partial charge >= 0.3 is 0 Å². The van der Waals surface area contributed by atoms with Crippen LogP contribution in [0.15, 0.2) is 342 Å². The summed E-state index contributed by atoms with van der Waals surface area (Å²) in [4.78, 5) is 7.08. The standard InChI is InChI=1S/C85H55N3O2/c1-5-25-60(26-6-1)86(61-27-7-2-8-28-61)64-33-21-24-56(50-64)57-46-48-69-67-34-13-17-40-75(67)85(77(69)53-57)76-41-18-14-35-68(76)70-49-47-58(54-78(70)85)59-51-65(87(62-29-9-3-10-30-62)79-42-22-38-73-71-36-15-19-44-81(71)89-83(73)79)55-66(52-59)88(63-31-11-4-12-32-63)80-43-23-39-74-72-37-16-20-45-82(72)90-84(74)80/h1-55H. The number of para-hydroxylation sites is 8. The highest BCUT2D eigenvalue weighted by atomic mass is 16.3. The molecule has 0 radical (unpaired) electrons. The van der Waals surface area contributed by atoms with Crippen LogP contribution in [0.4, 0.5) is 51.2 Å². The fourth-order valence-corrected chi connectivity index (χ4v) is 14.8. The van der Waals surface area contributed by atoms with E-state index in [-0.39, 0.29) is 0 Å². The Morgan fingerprint density at radius 3 is 1.06 bits per heavy atom. The Bertz CT molecular complexity index is 5230. The summed E-state index contributed by atoms with van der Waals surface area (Å²) in [5.41, 5.74) is 26.2. The molecule has 0 fully saturated rings. The van der Waals surface area contributed by atoms with Crippen molar-refractivity contribution in [3.05, 3.63) is 356 Å². The second-order valence-corrected chi connectivity index (χ2v) is 23.5. The minimum Gasteiger partial charge on any atom is -0.454 e. The highest BCUT2D eigenvalue weighted by Gasteiger charge is 2.52. The summed E-state index contributed by atoms with van der Waals surface area (Å²) < 4.78 is 13.9. The number of hydrogen-bond donors (Lipinski definition) is 0. The van der Waals surface area contributed by atoms with Gasteiger partial charge in [-0.25, -0.2) is 0 Å². The Labute approximate surface area is 521 Å². The fourth-order valence-electron chi connectivity index (χ4n) is 14.8. The van der Waals surface area contributed by atoms with Crippen LogP contribution in [0.5, 0.6) is 0 Å². The van der Waals surface area contributed by atoms with Crippen LogP contribution in [-0.4, -0.2) is 0 Å². The highest BCUT2D eigenvalue weighted by molar-refractivity contribution is 6.12. The molecule has 14 aromatic carbocycles. The van der Waals surface area contributed by atoms with Crippen molar-refractivity contribution in [1.29, 1.82) is 0 Å². The Morgan fingerprint density at radius 1 is 0.211 bits per heavy atom. The van der Waals surface area contributed by atoms with Gasteiger partial charge in [-0.3, -0.25) is 0 Å². The minimum absolute atomic E-state index is 0.651. The summed E-state index contributed by atoms with van der Waals surface area (Å²) in [6, 6.07) is 121. The third-order valence-electron chi connectivity index (χ3n) is 18.6. The molecule has 0 saturated heterocycles. The van der Waals surface area contributed by atoms with Crippen LogP contribution in [0, 0.1) is 0 Å². The van der Waals surface area contributed by atoms with Gasteiger partial charge < -0.3 is 23.5 Å². The van der Waals surface area contributed by atoms with Crippen molar-refractivity contribution >= 4 is 95.1 Å². The summed E-state index contributed by atoms with van der Waals surface area (Å²) in [5, 5.41) is 4.27. The lowest BCUT2D eigenvalue weighted by Crippen LogP contribution is -2.26. The number of anilines is 9. The minimum atomic E-state index is -0.651. The molecule has 0 N–H and O–H groups in total. The summed E-state index contributed by atoms with van der Waals surface area (Å²) >= 11 is 0. The van der Waals surface area contributed by atoms with Gasteiger partial charge in [-0.2, -0.15) is 0 Å². The van der Waals surface area contributed by atoms with Crippen molar-refractivity contribution in [2.45, 2.75) is 5.41 Å². The number of furan rings is 2. The van der Waals surface area contributed by atoms with Crippen molar-refractivity contribution in [3.63, 3.8) is 0 Å². The molecule has 2 aliphatic carbocycles. The smallest absolute Gasteiger partial charge is 0.159 e. The van der Waals surface area contributed by atoms with Crippen LogP contribution >= 0.6 is 0 Å². The maximum atomic E-state index is 6.93. The van der Waals surface area contributed by atoms with Gasteiger partial charge in [0.05, 0.1) is 16.8 Å². The van der Waals surface area contributed by atoms with E-state index in [1.165, 1.54) is 44.5 Å². The molecule has 5 heteroatoms. The molecule has 5 nitrogen and oxygen atoms in total. The van der Waals surface area contributed by atoms with E-state index in [0.29, 0.717) is 0 Å². The zero-order valence-electron chi connectivity index (χ0n) is 48.9. The van der Waals surface area contributed by atoms with Crippen LogP contribution in [-0.2, 0) is 5.41 Å². The second-order valence-electron chi connectivity index (χ2n) is 23.5. The molecule has 18 rings (SSSR count). The lowest BCUT2D eigenvalue weighted by atomic mass is 9.70. The molecule has 1 unspecified atom stereocenters. The first-order chi connectivity index (χ1) is 44.6. The molecule has 0 saturated carbocycles. The maximum absolute atomic E-state index is 6.93. The average Bonchev–Trinajstić information content (AvgIpc) is 1.51. The van der Waals surface area contributed by atoms with Crippen LogP contribution < -0.4 is 14.7 Å². The summed E-state index contributed by atoms with van der Waals surface area (Å²) in [6.45, 7) is 0. The van der Waals surface area contributed by atoms with E-state index >= 15 is 0 Å². The molecule has 2 aliphatic rings. The van der Waals surface area contributed by atoms with Crippen molar-refractivity contribution in [1.82, 2.24) is 0 Å². The van der Waals surface area contributed by atoms with Gasteiger partial charge in [0.15, 0.2) is 11.2 Å². The van der Waals surface area contributed by atoms with Crippen molar-refractivity contribution in [3.8, 4) is 44.5 Å². The van der Waals surface area contributed by atoms with Gasteiger partial charge in [-0.15, -0.1) is 0 Å². The first kappa shape index (κ1) is 51.3. The molecule has 0 aliphatic heterocycles. The van der Waals surface area contributed by atoms with Gasteiger partial charge in [-0.05, 0) is 182 Å². The SMILES string of the molecule is c1ccc(N(c2ccccc2)c2cccc(-c3ccc4c(c3)C3(c5ccccc5-4)c4ccccc4-c4ccc(-c5cc(N(c6ccccc6)c6cccc7c6oc6ccccc67)cc(N(c6ccccc6)c6cccc7c6oc6ccccc67)c5)cc43)c2)cc1. The monoisotopic (exact) mass is 1150 g/mol. The van der Waals surface area contributed by atoms with Gasteiger partial charge in [-0.1, -0.05) is 218 Å². The number of rotatable bonds is 11. The van der Waals surface area contributed by atoms with Crippen LogP contribution in [0.2, 0.25) is 0 Å². The Balaban J connectivity index is 0.875. The zero-order valence-corrected chi connectivity index (χ0v) is 48.9. The first-order valence-electron chi connectivity index (χ1n) is 30.8. The summed E-state index contributed by atoms with van der Waals surface area (Å²) in [5.74, 6) is 0. The van der Waals surface area contributed by atoms with E-state index in [1.807, 2.05) is 12.1 Å². The Morgan fingerprint density at radius 2 is 0.567 bits per heavy atom. The highest BCUT2D eigenvalue weighted by Crippen LogP contribution is 2.64. The first-order valence-corrected chi connectivity index (χ1v) is 30.8. The van der Waals surface area contributed by atoms with Crippen molar-refractivity contribution < 1.29 is 8.83 Å². The Hall–Kier alpha value is -11.9. The third-order valence-corrected chi connectivity index (χ3v) is 18.6. The van der Waals surface area contributed by atoms with E-state index in [1.54, 1.807) is 0 Å². The topological polar surface area (TPSA) is 36.0 Å². The van der Waals surface area contributed by atoms with E-state index in [0.717, 1.165) is 117 Å². The number of hydrogen-bond acceptors (Lipinski definition) is 5. The average molecular weight is 1150 g/mol. The van der Waals surface area contributed by atoms with E-state index < -0.39 is 5.41 Å². The normalized spacial score (nSPS) is 13.6. The van der Waals surface area contributed by atoms with Gasteiger partial charge in [0, 0.05) is 61.4 Å². The molecule has 1 spiro atoms. The maximum Gasteiger partial charge on any atom is 0.159 e. The lowest BCUT2D eigenvalue weighted by molar-refractivity contribution is 0.669. The van der Waals surface area contributed by atoms with E-state index in [4.69, 9.17) is 8.83 Å². The number of benzene rings is 14. The van der Waals surface area contributed by atoms with Crippen molar-refractivity contribution in [2.24, 2.45) is 0 Å². The molecule has 90 heavy (non-hydrogen) atoms. The second kappa shape index (κ2) is 20.6. The zero-order chi connectivity index (χ0) is 59.3. The molecule has 422 valence electrons. The quantitative estimate of drug-likeness (QED) is 0.129. The lowest BCUT2D eigenvalue weighted by Gasteiger charge is -2.32. The van der Waals surface area contributed by atoms with Crippen LogP contribution in [0.3, 0.4) is 0 Å². The van der Waals surface area contributed by atoms with Crippen molar-refractivity contribution in [2.75, 3.05) is 14.7 Å². The number of nitrogens with zero attached hydrogens (tertiary/aromatic N) is 3. The molecule has 1 atom stereocenters. The van der Waals surface area contributed by atoms with E-state index in [2.05, 4.69) is 336 Å². The third kappa shape index (κ3) is 7.96. The molecular weight excluding hydrogens is 1090 g/mol. The van der Waals surface area contributed by atoms with Gasteiger partial charge in [0.2, 0.25) is 0 Å².